The Hall–Kier alpha value is -2.82. The minimum atomic E-state index is -0.255. The molecule has 2 amide bonds. The van der Waals surface area contributed by atoms with Gasteiger partial charge in [-0.1, -0.05) is 51.3 Å². The Balaban J connectivity index is 1.67. The molecule has 5 nitrogen and oxygen atoms in total. The first-order chi connectivity index (χ1) is 14.0. The lowest BCUT2D eigenvalue weighted by atomic mass is 9.95. The van der Waals surface area contributed by atoms with Gasteiger partial charge in [0.15, 0.2) is 0 Å². The third kappa shape index (κ3) is 6.08. The predicted molar refractivity (Wildman–Crippen MR) is 116 cm³/mol. The van der Waals surface area contributed by atoms with Gasteiger partial charge in [-0.3, -0.25) is 9.59 Å². The second-order valence-corrected chi connectivity index (χ2v) is 8.04. The molecule has 2 aromatic carbocycles. The Kier molecular flexibility index (Phi) is 7.28. The van der Waals surface area contributed by atoms with Crippen molar-refractivity contribution in [3.05, 3.63) is 59.7 Å². The predicted octanol–water partition coefficient (Wildman–Crippen LogP) is 5.04. The number of benzene rings is 2. The summed E-state index contributed by atoms with van der Waals surface area (Å²) in [6, 6.07) is 14.5. The zero-order valence-corrected chi connectivity index (χ0v) is 17.2. The highest BCUT2D eigenvalue weighted by Gasteiger charge is 2.17. The van der Waals surface area contributed by atoms with Gasteiger partial charge in [-0.05, 0) is 49.1 Å². The van der Waals surface area contributed by atoms with Gasteiger partial charge < -0.3 is 15.4 Å². The first kappa shape index (κ1) is 20.9. The quantitative estimate of drug-likeness (QED) is 0.692. The van der Waals surface area contributed by atoms with E-state index in [-0.39, 0.29) is 17.9 Å². The highest BCUT2D eigenvalue weighted by atomic mass is 16.5. The summed E-state index contributed by atoms with van der Waals surface area (Å²) in [6.45, 7) is 4.67. The Morgan fingerprint density at radius 1 is 1.00 bits per heavy atom. The first-order valence-electron chi connectivity index (χ1n) is 10.5. The molecule has 0 radical (unpaired) electrons. The van der Waals surface area contributed by atoms with Gasteiger partial charge in [0.05, 0.1) is 12.2 Å². The average molecular weight is 395 g/mol. The molecule has 3 rings (SSSR count). The lowest BCUT2D eigenvalue weighted by Gasteiger charge is -2.22. The van der Waals surface area contributed by atoms with E-state index >= 15 is 0 Å². The molecule has 0 unspecified atom stereocenters. The van der Waals surface area contributed by atoms with Crippen LogP contribution in [-0.4, -0.2) is 24.5 Å². The third-order valence-corrected chi connectivity index (χ3v) is 5.03. The first-order valence-corrected chi connectivity index (χ1v) is 10.5. The monoisotopic (exact) mass is 394 g/mol. The molecule has 1 saturated carbocycles. The Morgan fingerprint density at radius 3 is 2.52 bits per heavy atom. The number of para-hydroxylation sites is 1. The van der Waals surface area contributed by atoms with Gasteiger partial charge in [0.2, 0.25) is 0 Å². The van der Waals surface area contributed by atoms with Crippen LogP contribution in [0, 0.1) is 5.92 Å². The molecule has 2 aromatic rings. The summed E-state index contributed by atoms with van der Waals surface area (Å²) in [5.74, 6) is 0.582. The van der Waals surface area contributed by atoms with Crippen LogP contribution in [0.5, 0.6) is 5.75 Å². The molecule has 0 heterocycles. The van der Waals surface area contributed by atoms with Gasteiger partial charge in [0.25, 0.3) is 11.8 Å². The summed E-state index contributed by atoms with van der Waals surface area (Å²) in [6.07, 6.45) is 5.65. The lowest BCUT2D eigenvalue weighted by Crippen LogP contribution is -2.36. The Labute approximate surface area is 172 Å². The van der Waals surface area contributed by atoms with Crippen LogP contribution in [0.3, 0.4) is 0 Å². The largest absolute Gasteiger partial charge is 0.492 e. The van der Waals surface area contributed by atoms with E-state index in [2.05, 4.69) is 24.5 Å². The topological polar surface area (TPSA) is 67.4 Å². The fraction of sp³-hybridized carbons (Fsp3) is 0.417. The van der Waals surface area contributed by atoms with Crippen molar-refractivity contribution in [2.75, 3.05) is 11.9 Å². The van der Waals surface area contributed by atoms with Crippen molar-refractivity contribution in [3.63, 3.8) is 0 Å². The zero-order chi connectivity index (χ0) is 20.6. The molecule has 2 N–H and O–H groups in total. The van der Waals surface area contributed by atoms with Crippen molar-refractivity contribution in [1.82, 2.24) is 5.32 Å². The van der Waals surface area contributed by atoms with Crippen LogP contribution in [0.4, 0.5) is 5.69 Å². The SMILES string of the molecule is CC(C)COc1ccccc1C(=O)Nc1cccc(C(=O)NC2CCCCC2)c1. The molecular formula is C24H30N2O3. The molecule has 0 atom stereocenters. The van der Waals surface area contributed by atoms with E-state index in [9.17, 15) is 9.59 Å². The zero-order valence-electron chi connectivity index (χ0n) is 17.2. The molecule has 0 aromatic heterocycles. The van der Waals surface area contributed by atoms with E-state index < -0.39 is 0 Å². The van der Waals surface area contributed by atoms with Crippen molar-refractivity contribution in [2.45, 2.75) is 52.0 Å². The molecule has 0 spiro atoms. The van der Waals surface area contributed by atoms with Crippen LogP contribution in [0.15, 0.2) is 48.5 Å². The second-order valence-electron chi connectivity index (χ2n) is 8.04. The number of hydrogen-bond donors (Lipinski definition) is 2. The smallest absolute Gasteiger partial charge is 0.259 e. The molecule has 1 aliphatic carbocycles. The highest BCUT2D eigenvalue weighted by molar-refractivity contribution is 6.06. The van der Waals surface area contributed by atoms with Crippen molar-refractivity contribution in [2.24, 2.45) is 5.92 Å². The lowest BCUT2D eigenvalue weighted by molar-refractivity contribution is 0.0926. The average Bonchev–Trinajstić information content (AvgIpc) is 2.73. The van der Waals surface area contributed by atoms with Crippen molar-refractivity contribution < 1.29 is 14.3 Å². The van der Waals surface area contributed by atoms with Crippen LogP contribution >= 0.6 is 0 Å². The summed E-state index contributed by atoms with van der Waals surface area (Å²) in [5, 5.41) is 6.00. The van der Waals surface area contributed by atoms with Gasteiger partial charge in [-0.25, -0.2) is 0 Å². The van der Waals surface area contributed by atoms with Gasteiger partial charge in [-0.15, -0.1) is 0 Å². The van der Waals surface area contributed by atoms with Crippen LogP contribution < -0.4 is 15.4 Å². The number of rotatable bonds is 7. The van der Waals surface area contributed by atoms with E-state index in [4.69, 9.17) is 4.74 Å². The summed E-state index contributed by atoms with van der Waals surface area (Å²) < 4.78 is 5.78. The number of hydrogen-bond acceptors (Lipinski definition) is 3. The number of carbonyl (C=O) groups is 2. The number of amides is 2. The minimum Gasteiger partial charge on any atom is -0.492 e. The molecule has 154 valence electrons. The maximum Gasteiger partial charge on any atom is 0.259 e. The Bertz CT molecular complexity index is 842. The van der Waals surface area contributed by atoms with E-state index in [1.54, 1.807) is 36.4 Å². The molecular weight excluding hydrogens is 364 g/mol. The molecule has 1 fully saturated rings. The van der Waals surface area contributed by atoms with Crippen LogP contribution in [0.25, 0.3) is 0 Å². The Morgan fingerprint density at radius 2 is 1.76 bits per heavy atom. The number of anilines is 1. The van der Waals surface area contributed by atoms with E-state index in [1.807, 2.05) is 12.1 Å². The highest BCUT2D eigenvalue weighted by Crippen LogP contribution is 2.22. The fourth-order valence-corrected chi connectivity index (χ4v) is 3.49. The summed E-state index contributed by atoms with van der Waals surface area (Å²) in [4.78, 5) is 25.4. The van der Waals surface area contributed by atoms with Gasteiger partial charge in [0.1, 0.15) is 5.75 Å². The number of nitrogens with one attached hydrogen (secondary N) is 2. The van der Waals surface area contributed by atoms with Crippen LogP contribution in [-0.2, 0) is 0 Å². The summed E-state index contributed by atoms with van der Waals surface area (Å²) >= 11 is 0. The van der Waals surface area contributed by atoms with Crippen LogP contribution in [0.2, 0.25) is 0 Å². The molecule has 0 saturated heterocycles. The normalized spacial score (nSPS) is 14.4. The van der Waals surface area contributed by atoms with E-state index in [1.165, 1.54) is 19.3 Å². The van der Waals surface area contributed by atoms with Crippen molar-refractivity contribution in [3.8, 4) is 5.75 Å². The molecule has 0 bridgehead atoms. The second kappa shape index (κ2) is 10.1. The number of ether oxygens (including phenoxy) is 1. The fourth-order valence-electron chi connectivity index (χ4n) is 3.49. The summed E-state index contributed by atoms with van der Waals surface area (Å²) in [7, 11) is 0. The third-order valence-electron chi connectivity index (χ3n) is 5.03. The maximum absolute atomic E-state index is 12.8. The number of carbonyl (C=O) groups excluding carboxylic acids is 2. The van der Waals surface area contributed by atoms with Gasteiger partial charge >= 0.3 is 0 Å². The molecule has 1 aliphatic rings. The minimum absolute atomic E-state index is 0.0892. The standard InChI is InChI=1S/C24H30N2O3/c1-17(2)16-29-22-14-7-6-13-21(22)24(28)26-20-12-8-9-18(15-20)23(27)25-19-10-4-3-5-11-19/h6-9,12-15,17,19H,3-5,10-11,16H2,1-2H3,(H,25,27)(H,26,28). The van der Waals surface area contributed by atoms with Crippen molar-refractivity contribution in [1.29, 1.82) is 0 Å². The molecule has 29 heavy (non-hydrogen) atoms. The van der Waals surface area contributed by atoms with Gasteiger partial charge in [-0.2, -0.15) is 0 Å². The van der Waals surface area contributed by atoms with E-state index in [0.717, 1.165) is 12.8 Å². The molecule has 0 aliphatic heterocycles. The van der Waals surface area contributed by atoms with Gasteiger partial charge in [0, 0.05) is 17.3 Å². The van der Waals surface area contributed by atoms with Crippen molar-refractivity contribution >= 4 is 17.5 Å². The maximum atomic E-state index is 12.8. The van der Waals surface area contributed by atoms with E-state index in [0.29, 0.717) is 35.1 Å². The molecule has 5 heteroatoms. The summed E-state index contributed by atoms with van der Waals surface area (Å²) in [5.41, 5.74) is 1.62. The van der Waals surface area contributed by atoms with Crippen LogP contribution in [0.1, 0.15) is 66.7 Å².